The normalized spacial score (nSPS) is 39.8. The summed E-state index contributed by atoms with van der Waals surface area (Å²) in [5, 5.41) is 0. The maximum absolute atomic E-state index is 2.36. The Morgan fingerprint density at radius 1 is 1.00 bits per heavy atom. The molecule has 0 aromatic carbocycles. The predicted octanol–water partition coefficient (Wildman–Crippen LogP) is 3.86. The maximum atomic E-state index is 2.36. The van der Waals surface area contributed by atoms with Crippen LogP contribution >= 0.6 is 0 Å². The molecule has 0 aromatic rings. The molecular weight excluding hydrogens is 144 g/mol. The van der Waals surface area contributed by atoms with Crippen molar-refractivity contribution in [3.63, 3.8) is 0 Å². The molecule has 0 heterocycles. The van der Waals surface area contributed by atoms with E-state index in [1.165, 1.54) is 12.8 Å². The van der Waals surface area contributed by atoms with Gasteiger partial charge in [-0.25, -0.2) is 0 Å². The molecule has 0 saturated heterocycles. The predicted molar refractivity (Wildman–Crippen MR) is 53.0 cm³/mol. The third-order valence-electron chi connectivity index (χ3n) is 4.10. The smallest absolute Gasteiger partial charge is 0.0357 e. The van der Waals surface area contributed by atoms with Crippen LogP contribution < -0.4 is 0 Å². The van der Waals surface area contributed by atoms with Gasteiger partial charge in [0.25, 0.3) is 0 Å². The van der Waals surface area contributed by atoms with E-state index in [4.69, 9.17) is 0 Å². The monoisotopic (exact) mass is 166 g/mol. The van der Waals surface area contributed by atoms with Crippen LogP contribution in [0.5, 0.6) is 0 Å². The summed E-state index contributed by atoms with van der Waals surface area (Å²) in [6.45, 7) is 4.72. The Hall–Kier alpha value is 0. The first-order valence-electron chi connectivity index (χ1n) is 5.77. The molecule has 0 radical (unpaired) electrons. The maximum Gasteiger partial charge on any atom is -0.0357 e. The second-order valence-electron chi connectivity index (χ2n) is 5.31. The Kier molecular flexibility index (Phi) is 2.43. The molecule has 0 spiro atoms. The quantitative estimate of drug-likeness (QED) is 0.597. The van der Waals surface area contributed by atoms with Crippen molar-refractivity contribution in [2.45, 2.75) is 52.4 Å². The van der Waals surface area contributed by atoms with Crippen molar-refractivity contribution in [2.75, 3.05) is 0 Å². The molecule has 2 aliphatic rings. The second-order valence-corrected chi connectivity index (χ2v) is 5.31. The first-order valence-corrected chi connectivity index (χ1v) is 5.77. The lowest BCUT2D eigenvalue weighted by Crippen LogP contribution is -2.07. The van der Waals surface area contributed by atoms with E-state index in [2.05, 4.69) is 13.8 Å². The van der Waals surface area contributed by atoms with Crippen LogP contribution in [-0.2, 0) is 0 Å². The number of fused-ring (bicyclic) bond motifs is 2. The van der Waals surface area contributed by atoms with Crippen molar-refractivity contribution >= 4 is 0 Å². The molecule has 70 valence electrons. The van der Waals surface area contributed by atoms with Gasteiger partial charge in [-0.05, 0) is 55.8 Å². The number of hydrogen-bond donors (Lipinski definition) is 0. The minimum Gasteiger partial charge on any atom is -0.0628 e. The second kappa shape index (κ2) is 3.40. The molecule has 2 rings (SSSR count). The lowest BCUT2D eigenvalue weighted by molar-refractivity contribution is 0.344. The molecule has 2 fully saturated rings. The highest BCUT2D eigenvalue weighted by atomic mass is 14.5. The van der Waals surface area contributed by atoms with Gasteiger partial charge in [0.15, 0.2) is 0 Å². The molecule has 0 unspecified atom stereocenters. The summed E-state index contributed by atoms with van der Waals surface area (Å²) in [6.07, 6.45) is 9.26. The van der Waals surface area contributed by atoms with E-state index in [-0.39, 0.29) is 0 Å². The fourth-order valence-corrected chi connectivity index (χ4v) is 3.38. The third-order valence-corrected chi connectivity index (χ3v) is 4.10. The van der Waals surface area contributed by atoms with Crippen molar-refractivity contribution in [2.24, 2.45) is 23.7 Å². The van der Waals surface area contributed by atoms with E-state index in [0.29, 0.717) is 0 Å². The van der Waals surface area contributed by atoms with Gasteiger partial charge in [0.1, 0.15) is 0 Å². The van der Waals surface area contributed by atoms with Crippen molar-refractivity contribution in [3.8, 4) is 0 Å². The Bertz CT molecular complexity index is 128. The van der Waals surface area contributed by atoms with E-state index in [1.54, 1.807) is 25.7 Å². The molecule has 0 heteroatoms. The molecule has 0 aliphatic heterocycles. The van der Waals surface area contributed by atoms with Gasteiger partial charge in [0, 0.05) is 0 Å². The van der Waals surface area contributed by atoms with E-state index < -0.39 is 0 Å². The van der Waals surface area contributed by atoms with Gasteiger partial charge in [-0.3, -0.25) is 0 Å². The van der Waals surface area contributed by atoms with Crippen LogP contribution in [0.25, 0.3) is 0 Å². The highest BCUT2D eigenvalue weighted by Gasteiger charge is 2.40. The molecule has 0 atom stereocenters. The molecular formula is C12H22. The zero-order valence-corrected chi connectivity index (χ0v) is 8.55. The van der Waals surface area contributed by atoms with Crippen LogP contribution in [-0.4, -0.2) is 0 Å². The number of rotatable bonds is 3. The van der Waals surface area contributed by atoms with Gasteiger partial charge in [-0.15, -0.1) is 0 Å². The third kappa shape index (κ3) is 1.53. The number of hydrogen-bond acceptors (Lipinski definition) is 0. The summed E-state index contributed by atoms with van der Waals surface area (Å²) in [6, 6.07) is 0. The highest BCUT2D eigenvalue weighted by molar-refractivity contribution is 4.91. The first kappa shape index (κ1) is 8.59. The van der Waals surface area contributed by atoms with Crippen molar-refractivity contribution < 1.29 is 0 Å². The lowest BCUT2D eigenvalue weighted by atomic mass is 9.90. The van der Waals surface area contributed by atoms with Crippen LogP contribution in [0.3, 0.4) is 0 Å². The molecule has 2 saturated carbocycles. The topological polar surface area (TPSA) is 0 Å². The molecule has 0 nitrogen and oxygen atoms in total. The molecule has 0 N–H and O–H groups in total. The van der Waals surface area contributed by atoms with E-state index in [1.807, 2.05) is 0 Å². The summed E-state index contributed by atoms with van der Waals surface area (Å²) in [5.74, 6) is 4.36. The molecule has 0 aromatic heterocycles. The van der Waals surface area contributed by atoms with Crippen molar-refractivity contribution in [1.29, 1.82) is 0 Å². The zero-order valence-electron chi connectivity index (χ0n) is 8.55. The van der Waals surface area contributed by atoms with Crippen LogP contribution in [0, 0.1) is 23.7 Å². The van der Waals surface area contributed by atoms with Gasteiger partial charge in [-0.1, -0.05) is 20.3 Å². The minimum absolute atomic E-state index is 0.921. The zero-order chi connectivity index (χ0) is 8.55. The van der Waals surface area contributed by atoms with Gasteiger partial charge >= 0.3 is 0 Å². The standard InChI is InChI=1S/C12H22/c1-9(2)3-8-12-10-4-5-11(12)7-6-10/h9-12H,3-8H2,1-2H3. The fraction of sp³-hybridized carbons (Fsp3) is 1.00. The Morgan fingerprint density at radius 3 is 1.92 bits per heavy atom. The highest BCUT2D eigenvalue weighted by Crippen LogP contribution is 2.51. The van der Waals surface area contributed by atoms with Gasteiger partial charge in [0.2, 0.25) is 0 Å². The summed E-state index contributed by atoms with van der Waals surface area (Å²) < 4.78 is 0. The Balaban J connectivity index is 1.81. The van der Waals surface area contributed by atoms with E-state index >= 15 is 0 Å². The van der Waals surface area contributed by atoms with Crippen LogP contribution in [0.1, 0.15) is 52.4 Å². The summed E-state index contributed by atoms with van der Waals surface area (Å²) >= 11 is 0. The van der Waals surface area contributed by atoms with Crippen LogP contribution in [0.2, 0.25) is 0 Å². The average molecular weight is 166 g/mol. The molecule has 2 aliphatic carbocycles. The summed E-state index contributed by atoms with van der Waals surface area (Å²) in [5.41, 5.74) is 0. The van der Waals surface area contributed by atoms with Gasteiger partial charge < -0.3 is 0 Å². The average Bonchev–Trinajstić information content (AvgIpc) is 2.59. The lowest BCUT2D eigenvalue weighted by Gasteiger charge is -2.16. The van der Waals surface area contributed by atoms with E-state index in [0.717, 1.165) is 23.7 Å². The molecule has 12 heavy (non-hydrogen) atoms. The minimum atomic E-state index is 0.921. The summed E-state index contributed by atoms with van der Waals surface area (Å²) in [4.78, 5) is 0. The first-order chi connectivity index (χ1) is 5.77. The van der Waals surface area contributed by atoms with Crippen LogP contribution in [0.15, 0.2) is 0 Å². The van der Waals surface area contributed by atoms with Gasteiger partial charge in [0.05, 0.1) is 0 Å². The summed E-state index contributed by atoms with van der Waals surface area (Å²) in [7, 11) is 0. The van der Waals surface area contributed by atoms with Crippen molar-refractivity contribution in [1.82, 2.24) is 0 Å². The van der Waals surface area contributed by atoms with Gasteiger partial charge in [-0.2, -0.15) is 0 Å². The largest absolute Gasteiger partial charge is 0.0628 e. The van der Waals surface area contributed by atoms with Crippen LogP contribution in [0.4, 0.5) is 0 Å². The fourth-order valence-electron chi connectivity index (χ4n) is 3.38. The van der Waals surface area contributed by atoms with Crippen molar-refractivity contribution in [3.05, 3.63) is 0 Å². The molecule has 0 amide bonds. The SMILES string of the molecule is CC(C)CCC1C2CCC1CC2. The molecule has 2 bridgehead atoms. The Labute approximate surface area is 76.7 Å². The Morgan fingerprint density at radius 2 is 1.50 bits per heavy atom. The van der Waals surface area contributed by atoms with E-state index in [9.17, 15) is 0 Å².